The summed E-state index contributed by atoms with van der Waals surface area (Å²) >= 11 is 0. The van der Waals surface area contributed by atoms with E-state index in [9.17, 15) is 14.0 Å². The number of esters is 1. The Labute approximate surface area is 160 Å². The Bertz CT molecular complexity index is 968. The maximum absolute atomic E-state index is 13.1. The number of hydrogen-bond acceptors (Lipinski definition) is 6. The number of rotatable bonds is 6. The molecule has 8 heteroatoms. The zero-order valence-electron chi connectivity index (χ0n) is 15.3. The van der Waals surface area contributed by atoms with Crippen LogP contribution in [0.1, 0.15) is 34.8 Å². The van der Waals surface area contributed by atoms with Crippen molar-refractivity contribution in [3.8, 4) is 11.5 Å². The number of nitrogens with zero attached hydrogens (tertiary/aromatic N) is 2. The average Bonchev–Trinajstić information content (AvgIpc) is 3.17. The second-order valence-electron chi connectivity index (χ2n) is 5.98. The number of ether oxygens (including phenoxy) is 1. The third kappa shape index (κ3) is 4.40. The molecule has 1 aromatic heterocycles. The third-order valence-electron chi connectivity index (χ3n) is 3.89. The molecule has 3 rings (SSSR count). The number of benzene rings is 2. The molecule has 0 aliphatic rings. The summed E-state index contributed by atoms with van der Waals surface area (Å²) in [6.07, 6.45) is 0. The molecule has 0 aliphatic heterocycles. The quantitative estimate of drug-likeness (QED) is 0.657. The molecular formula is C20H18FN3O4. The molecule has 0 saturated carbocycles. The molecule has 1 N–H and O–H groups in total. The van der Waals surface area contributed by atoms with E-state index >= 15 is 0 Å². The molecular weight excluding hydrogens is 365 g/mol. The smallest absolute Gasteiger partial charge is 0.338 e. The number of hydrogen-bond donors (Lipinski definition) is 1. The highest BCUT2D eigenvalue weighted by molar-refractivity contribution is 5.96. The molecule has 0 radical (unpaired) electrons. The summed E-state index contributed by atoms with van der Waals surface area (Å²) in [4.78, 5) is 24.9. The topological polar surface area (TPSA) is 94.3 Å². The van der Waals surface area contributed by atoms with Crippen molar-refractivity contribution in [2.75, 3.05) is 6.61 Å². The summed E-state index contributed by atoms with van der Waals surface area (Å²) in [7, 11) is 0. The van der Waals surface area contributed by atoms with Crippen molar-refractivity contribution in [2.24, 2.45) is 0 Å². The Balaban J connectivity index is 1.85. The summed E-state index contributed by atoms with van der Waals surface area (Å²) in [5.74, 6) is -1.65. The van der Waals surface area contributed by atoms with Crippen LogP contribution in [-0.4, -0.2) is 28.7 Å². The van der Waals surface area contributed by atoms with Gasteiger partial charge in [0.05, 0.1) is 6.61 Å². The molecule has 0 unspecified atom stereocenters. The van der Waals surface area contributed by atoms with Crippen LogP contribution in [0.3, 0.4) is 0 Å². The highest BCUT2D eigenvalue weighted by Gasteiger charge is 2.30. The monoisotopic (exact) mass is 383 g/mol. The summed E-state index contributed by atoms with van der Waals surface area (Å²) in [6.45, 7) is 3.67. The van der Waals surface area contributed by atoms with Crippen LogP contribution >= 0.6 is 0 Å². The van der Waals surface area contributed by atoms with Crippen LogP contribution in [0.15, 0.2) is 52.9 Å². The Morgan fingerprint density at radius 3 is 2.43 bits per heavy atom. The second-order valence-corrected chi connectivity index (χ2v) is 5.98. The van der Waals surface area contributed by atoms with Gasteiger partial charge >= 0.3 is 5.97 Å². The highest BCUT2D eigenvalue weighted by atomic mass is 19.1. The van der Waals surface area contributed by atoms with Gasteiger partial charge in [0.15, 0.2) is 0 Å². The van der Waals surface area contributed by atoms with Crippen molar-refractivity contribution in [2.45, 2.75) is 19.9 Å². The molecule has 0 spiro atoms. The van der Waals surface area contributed by atoms with E-state index in [0.29, 0.717) is 11.1 Å². The molecule has 7 nitrogen and oxygen atoms in total. The van der Waals surface area contributed by atoms with E-state index in [1.165, 1.54) is 24.3 Å². The second kappa shape index (κ2) is 8.43. The van der Waals surface area contributed by atoms with Gasteiger partial charge in [-0.1, -0.05) is 17.7 Å². The SMILES string of the molecule is CCOC(=O)[C@H](NC(=O)c1ccc(C)cc1)c1nnc(-c2ccc(F)cc2)o1. The van der Waals surface area contributed by atoms with E-state index in [1.54, 1.807) is 31.2 Å². The van der Waals surface area contributed by atoms with Crippen LogP contribution in [0.2, 0.25) is 0 Å². The van der Waals surface area contributed by atoms with Crippen LogP contribution in [0.5, 0.6) is 0 Å². The molecule has 1 amide bonds. The van der Waals surface area contributed by atoms with E-state index in [-0.39, 0.29) is 18.4 Å². The van der Waals surface area contributed by atoms with Gasteiger partial charge in [0, 0.05) is 11.1 Å². The number of nitrogens with one attached hydrogen (secondary N) is 1. The van der Waals surface area contributed by atoms with Crippen molar-refractivity contribution >= 4 is 11.9 Å². The van der Waals surface area contributed by atoms with E-state index in [4.69, 9.17) is 9.15 Å². The lowest BCUT2D eigenvalue weighted by Crippen LogP contribution is -2.35. The zero-order valence-corrected chi connectivity index (χ0v) is 15.3. The van der Waals surface area contributed by atoms with E-state index in [2.05, 4.69) is 15.5 Å². The fourth-order valence-corrected chi connectivity index (χ4v) is 2.43. The van der Waals surface area contributed by atoms with Crippen molar-refractivity contribution < 1.29 is 23.1 Å². The fourth-order valence-electron chi connectivity index (χ4n) is 2.43. The van der Waals surface area contributed by atoms with Gasteiger partial charge in [-0.2, -0.15) is 0 Å². The highest BCUT2D eigenvalue weighted by Crippen LogP contribution is 2.22. The number of aromatic nitrogens is 2. The van der Waals surface area contributed by atoms with Gasteiger partial charge in [0.2, 0.25) is 11.9 Å². The summed E-state index contributed by atoms with van der Waals surface area (Å²) < 4.78 is 23.6. The van der Waals surface area contributed by atoms with Gasteiger partial charge in [0.25, 0.3) is 11.8 Å². The molecule has 144 valence electrons. The fraction of sp³-hybridized carbons (Fsp3) is 0.200. The number of carbonyl (C=O) groups is 2. The summed E-state index contributed by atoms with van der Waals surface area (Å²) in [5.41, 5.74) is 1.85. The first-order chi connectivity index (χ1) is 13.5. The maximum atomic E-state index is 13.1. The van der Waals surface area contributed by atoms with Crippen LogP contribution in [-0.2, 0) is 9.53 Å². The van der Waals surface area contributed by atoms with Gasteiger partial charge in [-0.25, -0.2) is 9.18 Å². The predicted octanol–water partition coefficient (Wildman–Crippen LogP) is 3.22. The molecule has 3 aromatic rings. The van der Waals surface area contributed by atoms with Gasteiger partial charge in [-0.3, -0.25) is 4.79 Å². The van der Waals surface area contributed by atoms with E-state index in [0.717, 1.165) is 5.56 Å². The average molecular weight is 383 g/mol. The summed E-state index contributed by atoms with van der Waals surface area (Å²) in [5, 5.41) is 10.3. The van der Waals surface area contributed by atoms with Gasteiger partial charge < -0.3 is 14.5 Å². The largest absolute Gasteiger partial charge is 0.464 e. The standard InChI is InChI=1S/C20H18FN3O4/c1-3-27-20(26)16(22-17(25)13-6-4-12(2)5-7-13)19-24-23-18(28-19)14-8-10-15(21)11-9-14/h4-11,16H,3H2,1-2H3,(H,22,25)/t16-/m1/s1. The molecule has 2 aromatic carbocycles. The molecule has 1 heterocycles. The van der Waals surface area contributed by atoms with Crippen molar-refractivity contribution in [1.82, 2.24) is 15.5 Å². The van der Waals surface area contributed by atoms with E-state index in [1.807, 2.05) is 6.92 Å². The lowest BCUT2D eigenvalue weighted by molar-refractivity contribution is -0.146. The summed E-state index contributed by atoms with van der Waals surface area (Å²) in [6, 6.07) is 11.0. The van der Waals surface area contributed by atoms with Crippen LogP contribution < -0.4 is 5.32 Å². The van der Waals surface area contributed by atoms with Crippen molar-refractivity contribution in [1.29, 1.82) is 0 Å². The minimum absolute atomic E-state index is 0.0916. The normalized spacial score (nSPS) is 11.7. The number of amides is 1. The van der Waals surface area contributed by atoms with Gasteiger partial charge in [0.1, 0.15) is 5.82 Å². The zero-order chi connectivity index (χ0) is 20.1. The van der Waals surface area contributed by atoms with Crippen LogP contribution in [0.4, 0.5) is 4.39 Å². The molecule has 0 aliphatic carbocycles. The number of aryl methyl sites for hydroxylation is 1. The molecule has 0 saturated heterocycles. The van der Waals surface area contributed by atoms with Crippen LogP contribution in [0.25, 0.3) is 11.5 Å². The lowest BCUT2D eigenvalue weighted by atomic mass is 10.1. The Hall–Kier alpha value is -3.55. The van der Waals surface area contributed by atoms with E-state index < -0.39 is 23.7 Å². The number of halogens is 1. The van der Waals surface area contributed by atoms with Gasteiger partial charge in [-0.15, -0.1) is 10.2 Å². The first kappa shape index (κ1) is 19.2. The van der Waals surface area contributed by atoms with Crippen molar-refractivity contribution in [3.05, 3.63) is 71.4 Å². The minimum atomic E-state index is -1.27. The lowest BCUT2D eigenvalue weighted by Gasteiger charge is -2.14. The first-order valence-electron chi connectivity index (χ1n) is 8.61. The van der Waals surface area contributed by atoms with Crippen LogP contribution in [0, 0.1) is 12.7 Å². The Morgan fingerprint density at radius 2 is 1.79 bits per heavy atom. The predicted molar refractivity (Wildman–Crippen MR) is 97.7 cm³/mol. The Morgan fingerprint density at radius 1 is 1.11 bits per heavy atom. The Kier molecular flexibility index (Phi) is 5.78. The number of carbonyl (C=O) groups excluding carboxylic acids is 2. The minimum Gasteiger partial charge on any atom is -0.464 e. The van der Waals surface area contributed by atoms with Crippen molar-refractivity contribution in [3.63, 3.8) is 0 Å². The first-order valence-corrected chi connectivity index (χ1v) is 8.61. The van der Waals surface area contributed by atoms with Gasteiger partial charge in [-0.05, 0) is 50.2 Å². The third-order valence-corrected chi connectivity index (χ3v) is 3.89. The molecule has 0 bridgehead atoms. The molecule has 1 atom stereocenters. The maximum Gasteiger partial charge on any atom is 0.338 e. The molecule has 28 heavy (non-hydrogen) atoms. The molecule has 0 fully saturated rings.